The summed E-state index contributed by atoms with van der Waals surface area (Å²) in [6, 6.07) is 13.6. The van der Waals surface area contributed by atoms with Gasteiger partial charge in [0.2, 0.25) is 5.91 Å². The Morgan fingerprint density at radius 2 is 1.56 bits per heavy atom. The summed E-state index contributed by atoms with van der Waals surface area (Å²) < 4.78 is 0. The van der Waals surface area contributed by atoms with Gasteiger partial charge in [-0.15, -0.1) is 0 Å². The highest BCUT2D eigenvalue weighted by molar-refractivity contribution is 6.30. The van der Waals surface area contributed by atoms with Crippen LogP contribution in [0.15, 0.2) is 42.5 Å². The van der Waals surface area contributed by atoms with Crippen LogP contribution in [0.4, 0.5) is 0 Å². The molecule has 1 N–H and O–H groups in total. The minimum atomic E-state index is -0.699. The second kappa shape index (κ2) is 7.12. The summed E-state index contributed by atoms with van der Waals surface area (Å²) in [6.45, 7) is 1.97. The van der Waals surface area contributed by atoms with Gasteiger partial charge in [0, 0.05) is 5.02 Å². The lowest BCUT2D eigenvalue weighted by Crippen LogP contribution is -2.46. The maximum atomic E-state index is 13.4. The molecule has 3 nitrogen and oxygen atoms in total. The maximum Gasteiger partial charge on any atom is 0.235 e. The Labute approximate surface area is 165 Å². The predicted octanol–water partition coefficient (Wildman–Crippen LogP) is 5.19. The van der Waals surface area contributed by atoms with Crippen LogP contribution in [0, 0.1) is 6.92 Å². The van der Waals surface area contributed by atoms with Crippen molar-refractivity contribution in [1.82, 2.24) is 5.32 Å². The summed E-state index contributed by atoms with van der Waals surface area (Å²) in [5.41, 5.74) is 3.17. The monoisotopic (exact) mass is 381 g/mol. The van der Waals surface area contributed by atoms with E-state index in [9.17, 15) is 9.59 Å². The molecular formula is C23H24ClNO2. The van der Waals surface area contributed by atoms with Gasteiger partial charge >= 0.3 is 0 Å². The number of hydrogen-bond donors (Lipinski definition) is 1. The van der Waals surface area contributed by atoms with Gasteiger partial charge in [-0.2, -0.15) is 0 Å². The summed E-state index contributed by atoms with van der Waals surface area (Å²) in [4.78, 5) is 26.3. The van der Waals surface area contributed by atoms with Crippen LogP contribution in [-0.2, 0) is 9.59 Å². The van der Waals surface area contributed by atoms with Crippen LogP contribution in [-0.4, -0.2) is 17.2 Å². The topological polar surface area (TPSA) is 46.2 Å². The van der Waals surface area contributed by atoms with E-state index in [0.29, 0.717) is 5.02 Å². The van der Waals surface area contributed by atoms with Gasteiger partial charge in [0.1, 0.15) is 5.92 Å². The fourth-order valence-electron chi connectivity index (χ4n) is 4.52. The van der Waals surface area contributed by atoms with Crippen molar-refractivity contribution in [3.8, 4) is 11.1 Å². The van der Waals surface area contributed by atoms with E-state index < -0.39 is 11.5 Å². The van der Waals surface area contributed by atoms with Crippen molar-refractivity contribution in [1.29, 1.82) is 0 Å². The zero-order valence-electron chi connectivity index (χ0n) is 15.6. The molecule has 140 valence electrons. The first-order valence-electron chi connectivity index (χ1n) is 9.73. The Kier molecular flexibility index (Phi) is 4.81. The van der Waals surface area contributed by atoms with E-state index in [1.807, 2.05) is 49.4 Å². The lowest BCUT2D eigenvalue weighted by Gasteiger charge is -2.26. The molecule has 1 heterocycles. The minimum Gasteiger partial charge on any atom is -0.343 e. The highest BCUT2D eigenvalue weighted by Gasteiger charge is 2.52. The van der Waals surface area contributed by atoms with Crippen molar-refractivity contribution in [3.63, 3.8) is 0 Å². The normalized spacial score (nSPS) is 21.9. The number of Topliss-reactive ketones (excluding diaryl/α,β-unsaturated/α-hetero) is 1. The molecule has 1 unspecified atom stereocenters. The Morgan fingerprint density at radius 3 is 2.22 bits per heavy atom. The first-order valence-corrected chi connectivity index (χ1v) is 10.1. The molecule has 1 amide bonds. The molecule has 1 aliphatic carbocycles. The summed E-state index contributed by atoms with van der Waals surface area (Å²) in [7, 11) is 0. The van der Waals surface area contributed by atoms with Crippen LogP contribution in [0.25, 0.3) is 11.1 Å². The zero-order valence-corrected chi connectivity index (χ0v) is 16.3. The van der Waals surface area contributed by atoms with Crippen LogP contribution in [0.1, 0.15) is 55.6 Å². The fourth-order valence-corrected chi connectivity index (χ4v) is 4.65. The average Bonchev–Trinajstić information content (AvgIpc) is 2.81. The lowest BCUT2D eigenvalue weighted by molar-refractivity contribution is -0.125. The summed E-state index contributed by atoms with van der Waals surface area (Å²) in [5, 5.41) is 3.78. The standard InChI is InChI=1S/C23H24ClNO2/c1-15-6-7-17(16-8-10-18(24)11-9-16)14-19(15)20-21(26)23(25-22(20)27)12-4-2-3-5-13-23/h6-11,14,20H,2-5,12-13H2,1H3,(H,25,27). The van der Waals surface area contributed by atoms with Crippen molar-refractivity contribution in [2.75, 3.05) is 0 Å². The Morgan fingerprint density at radius 1 is 0.926 bits per heavy atom. The lowest BCUT2D eigenvalue weighted by atomic mass is 9.80. The van der Waals surface area contributed by atoms with Crippen LogP contribution >= 0.6 is 11.6 Å². The van der Waals surface area contributed by atoms with Gasteiger partial charge in [-0.05, 0) is 60.2 Å². The number of nitrogens with one attached hydrogen (secondary N) is 1. The summed E-state index contributed by atoms with van der Waals surface area (Å²) >= 11 is 6.00. The molecule has 0 bridgehead atoms. The van der Waals surface area contributed by atoms with Crippen molar-refractivity contribution >= 4 is 23.3 Å². The maximum absolute atomic E-state index is 13.4. The SMILES string of the molecule is Cc1ccc(-c2ccc(Cl)cc2)cc1C1C(=O)NC2(CCCCCC2)C1=O. The average molecular weight is 382 g/mol. The number of ketones is 1. The Hall–Kier alpha value is -2.13. The smallest absolute Gasteiger partial charge is 0.235 e. The van der Waals surface area contributed by atoms with Crippen LogP contribution in [0.5, 0.6) is 0 Å². The Bertz CT molecular complexity index is 880. The van der Waals surface area contributed by atoms with Crippen LogP contribution < -0.4 is 5.32 Å². The second-order valence-corrected chi connectivity index (χ2v) is 8.30. The minimum absolute atomic E-state index is 0.0609. The number of aryl methyl sites for hydroxylation is 1. The second-order valence-electron chi connectivity index (χ2n) is 7.86. The van der Waals surface area contributed by atoms with E-state index in [4.69, 9.17) is 11.6 Å². The van der Waals surface area contributed by atoms with Crippen molar-refractivity contribution < 1.29 is 9.59 Å². The number of carbonyl (C=O) groups excluding carboxylic acids is 2. The molecule has 1 saturated heterocycles. The predicted molar refractivity (Wildman–Crippen MR) is 108 cm³/mol. The number of carbonyl (C=O) groups is 2. The van der Waals surface area contributed by atoms with Gasteiger partial charge in [-0.3, -0.25) is 9.59 Å². The third-order valence-electron chi connectivity index (χ3n) is 6.08. The van der Waals surface area contributed by atoms with Gasteiger partial charge in [-0.1, -0.05) is 61.5 Å². The fraction of sp³-hybridized carbons (Fsp3) is 0.391. The molecule has 0 aromatic heterocycles. The van der Waals surface area contributed by atoms with E-state index in [1.54, 1.807) is 0 Å². The van der Waals surface area contributed by atoms with Gasteiger partial charge < -0.3 is 5.32 Å². The molecule has 2 aromatic carbocycles. The van der Waals surface area contributed by atoms with Crippen molar-refractivity contribution in [2.45, 2.75) is 56.9 Å². The van der Waals surface area contributed by atoms with E-state index in [2.05, 4.69) is 5.32 Å². The molecule has 4 rings (SSSR count). The molecule has 1 aliphatic heterocycles. The Balaban J connectivity index is 1.72. The molecule has 2 fully saturated rings. The highest BCUT2D eigenvalue weighted by atomic mass is 35.5. The molecule has 2 aromatic rings. The first-order chi connectivity index (χ1) is 13.0. The van der Waals surface area contributed by atoms with Gasteiger partial charge in [-0.25, -0.2) is 0 Å². The number of benzene rings is 2. The number of hydrogen-bond acceptors (Lipinski definition) is 2. The first kappa shape index (κ1) is 18.2. The van der Waals surface area contributed by atoms with Gasteiger partial charge in [0.25, 0.3) is 0 Å². The van der Waals surface area contributed by atoms with E-state index in [1.165, 1.54) is 0 Å². The van der Waals surface area contributed by atoms with E-state index in [-0.39, 0.29) is 11.7 Å². The molecule has 1 saturated carbocycles. The molecule has 2 aliphatic rings. The van der Waals surface area contributed by atoms with Crippen molar-refractivity contribution in [2.24, 2.45) is 0 Å². The van der Waals surface area contributed by atoms with Gasteiger partial charge in [0.05, 0.1) is 5.54 Å². The quantitative estimate of drug-likeness (QED) is 0.727. The highest BCUT2D eigenvalue weighted by Crippen LogP contribution is 2.40. The van der Waals surface area contributed by atoms with Crippen LogP contribution in [0.2, 0.25) is 5.02 Å². The number of halogens is 1. The zero-order chi connectivity index (χ0) is 19.0. The molecule has 27 heavy (non-hydrogen) atoms. The summed E-state index contributed by atoms with van der Waals surface area (Å²) in [5.74, 6) is -0.778. The van der Waals surface area contributed by atoms with Gasteiger partial charge in [0.15, 0.2) is 5.78 Å². The summed E-state index contributed by atoms with van der Waals surface area (Å²) in [6.07, 6.45) is 5.82. The van der Waals surface area contributed by atoms with Crippen molar-refractivity contribution in [3.05, 3.63) is 58.6 Å². The molecular weight excluding hydrogens is 358 g/mol. The third kappa shape index (κ3) is 3.29. The molecule has 1 spiro atoms. The molecule has 0 radical (unpaired) electrons. The van der Waals surface area contributed by atoms with E-state index in [0.717, 1.165) is 60.8 Å². The largest absolute Gasteiger partial charge is 0.343 e. The number of rotatable bonds is 2. The molecule has 1 atom stereocenters. The molecule has 4 heteroatoms. The van der Waals surface area contributed by atoms with Crippen LogP contribution in [0.3, 0.4) is 0 Å². The third-order valence-corrected chi connectivity index (χ3v) is 6.34. The van der Waals surface area contributed by atoms with E-state index >= 15 is 0 Å². The number of amides is 1.